The summed E-state index contributed by atoms with van der Waals surface area (Å²) in [5.41, 5.74) is 6.56. The maximum absolute atomic E-state index is 11.9. The minimum absolute atomic E-state index is 0.139. The lowest BCUT2D eigenvalue weighted by molar-refractivity contribution is -0.142. The van der Waals surface area contributed by atoms with Gasteiger partial charge in [-0.3, -0.25) is 4.79 Å². The lowest BCUT2D eigenvalue weighted by Crippen LogP contribution is -2.49. The van der Waals surface area contributed by atoms with E-state index in [9.17, 15) is 9.59 Å². The molecule has 6 nitrogen and oxygen atoms in total. The molecule has 0 aliphatic heterocycles. The van der Waals surface area contributed by atoms with Crippen LogP contribution in [0, 0.1) is 0 Å². The third kappa shape index (κ3) is 4.89. The minimum atomic E-state index is -1.06. The third-order valence-electron chi connectivity index (χ3n) is 2.92. The van der Waals surface area contributed by atoms with Crippen molar-refractivity contribution in [2.45, 2.75) is 38.3 Å². The molecule has 5 N–H and O–H groups in total. The SMILES string of the molecule is CCC[C@@H](NC(=O)[C@@H](N)Cc1ccc(O)cc1)C(=O)O. The van der Waals surface area contributed by atoms with E-state index >= 15 is 0 Å². The van der Waals surface area contributed by atoms with Gasteiger partial charge < -0.3 is 21.3 Å². The normalized spacial score (nSPS) is 13.5. The molecule has 2 atom stereocenters. The van der Waals surface area contributed by atoms with E-state index in [1.54, 1.807) is 12.1 Å². The number of aliphatic carboxylic acids is 1. The fourth-order valence-corrected chi connectivity index (χ4v) is 1.80. The van der Waals surface area contributed by atoms with Crippen LogP contribution in [-0.2, 0) is 16.0 Å². The Hall–Kier alpha value is -2.08. The highest BCUT2D eigenvalue weighted by molar-refractivity contribution is 5.86. The molecule has 6 heteroatoms. The van der Waals surface area contributed by atoms with E-state index in [1.165, 1.54) is 12.1 Å². The van der Waals surface area contributed by atoms with Crippen LogP contribution in [0.1, 0.15) is 25.3 Å². The fourth-order valence-electron chi connectivity index (χ4n) is 1.80. The van der Waals surface area contributed by atoms with Crippen molar-refractivity contribution < 1.29 is 19.8 Å². The summed E-state index contributed by atoms with van der Waals surface area (Å²) < 4.78 is 0. The number of benzene rings is 1. The number of carboxylic acids is 1. The molecule has 20 heavy (non-hydrogen) atoms. The van der Waals surface area contributed by atoms with Crippen LogP contribution in [-0.4, -0.2) is 34.2 Å². The van der Waals surface area contributed by atoms with Gasteiger partial charge in [0.25, 0.3) is 0 Å². The molecule has 0 aliphatic rings. The number of amides is 1. The van der Waals surface area contributed by atoms with Gasteiger partial charge in [0.2, 0.25) is 5.91 Å². The zero-order valence-corrected chi connectivity index (χ0v) is 11.4. The van der Waals surface area contributed by atoms with Crippen LogP contribution >= 0.6 is 0 Å². The molecule has 0 unspecified atom stereocenters. The summed E-state index contributed by atoms with van der Waals surface area (Å²) in [7, 11) is 0. The first kappa shape index (κ1) is 16.0. The first-order valence-corrected chi connectivity index (χ1v) is 6.50. The highest BCUT2D eigenvalue weighted by atomic mass is 16.4. The van der Waals surface area contributed by atoms with Gasteiger partial charge in [0.15, 0.2) is 0 Å². The number of aromatic hydroxyl groups is 1. The van der Waals surface area contributed by atoms with Crippen molar-refractivity contribution in [3.05, 3.63) is 29.8 Å². The van der Waals surface area contributed by atoms with Gasteiger partial charge in [0.05, 0.1) is 6.04 Å². The van der Waals surface area contributed by atoms with Crippen molar-refractivity contribution in [2.24, 2.45) is 5.73 Å². The van der Waals surface area contributed by atoms with Crippen LogP contribution in [0.5, 0.6) is 5.75 Å². The number of hydrogen-bond donors (Lipinski definition) is 4. The van der Waals surface area contributed by atoms with E-state index < -0.39 is 24.0 Å². The molecule has 0 radical (unpaired) electrons. The Kier molecular flexibility index (Phi) is 5.99. The fraction of sp³-hybridized carbons (Fsp3) is 0.429. The van der Waals surface area contributed by atoms with Gasteiger partial charge in [-0.15, -0.1) is 0 Å². The molecule has 0 aliphatic carbocycles. The van der Waals surface area contributed by atoms with Crippen molar-refractivity contribution in [1.82, 2.24) is 5.32 Å². The van der Waals surface area contributed by atoms with E-state index in [1.807, 2.05) is 6.92 Å². The summed E-state index contributed by atoms with van der Waals surface area (Å²) in [6.07, 6.45) is 1.31. The van der Waals surface area contributed by atoms with E-state index in [2.05, 4.69) is 5.32 Å². The molecule has 0 fully saturated rings. The third-order valence-corrected chi connectivity index (χ3v) is 2.92. The molecule has 0 aromatic heterocycles. The Balaban J connectivity index is 2.57. The Morgan fingerprint density at radius 3 is 2.40 bits per heavy atom. The highest BCUT2D eigenvalue weighted by Crippen LogP contribution is 2.11. The molecule has 0 spiro atoms. The Morgan fingerprint density at radius 1 is 1.30 bits per heavy atom. The van der Waals surface area contributed by atoms with Crippen molar-refractivity contribution in [3.8, 4) is 5.75 Å². The summed E-state index contributed by atoms with van der Waals surface area (Å²) in [4.78, 5) is 22.8. The van der Waals surface area contributed by atoms with Crippen molar-refractivity contribution >= 4 is 11.9 Å². The largest absolute Gasteiger partial charge is 0.508 e. The van der Waals surface area contributed by atoms with E-state index in [4.69, 9.17) is 15.9 Å². The Morgan fingerprint density at radius 2 is 1.90 bits per heavy atom. The summed E-state index contributed by atoms with van der Waals surface area (Å²) >= 11 is 0. The topological polar surface area (TPSA) is 113 Å². The molecular weight excluding hydrogens is 260 g/mol. The number of rotatable bonds is 7. The molecule has 1 amide bonds. The van der Waals surface area contributed by atoms with Crippen LogP contribution < -0.4 is 11.1 Å². The molecule has 1 aromatic carbocycles. The molecule has 0 saturated carbocycles. The predicted octanol–water partition coefficient (Wildman–Crippen LogP) is 0.631. The van der Waals surface area contributed by atoms with Gasteiger partial charge in [0.1, 0.15) is 11.8 Å². The smallest absolute Gasteiger partial charge is 0.326 e. The molecule has 1 aromatic rings. The average molecular weight is 280 g/mol. The number of carbonyl (C=O) groups excluding carboxylic acids is 1. The minimum Gasteiger partial charge on any atom is -0.508 e. The molecule has 0 saturated heterocycles. The molecular formula is C14H20N2O4. The summed E-state index contributed by atoms with van der Waals surface area (Å²) in [6.45, 7) is 1.85. The molecule has 1 rings (SSSR count). The monoisotopic (exact) mass is 280 g/mol. The van der Waals surface area contributed by atoms with Gasteiger partial charge in [0, 0.05) is 0 Å². The van der Waals surface area contributed by atoms with Crippen LogP contribution in [0.3, 0.4) is 0 Å². The van der Waals surface area contributed by atoms with Crippen LogP contribution in [0.2, 0.25) is 0 Å². The number of phenolic OH excluding ortho intramolecular Hbond substituents is 1. The van der Waals surface area contributed by atoms with E-state index in [0.717, 1.165) is 5.56 Å². The molecule has 0 heterocycles. The number of carboxylic acid groups (broad SMARTS) is 1. The first-order valence-electron chi connectivity index (χ1n) is 6.50. The number of hydrogen-bond acceptors (Lipinski definition) is 4. The second-order valence-corrected chi connectivity index (χ2v) is 4.67. The van der Waals surface area contributed by atoms with Crippen LogP contribution in [0.15, 0.2) is 24.3 Å². The van der Waals surface area contributed by atoms with Crippen LogP contribution in [0.25, 0.3) is 0 Å². The summed E-state index contributed by atoms with van der Waals surface area (Å²) in [6, 6.07) is 4.64. The Labute approximate surface area is 117 Å². The number of carbonyl (C=O) groups is 2. The predicted molar refractivity (Wildman–Crippen MR) is 74.3 cm³/mol. The number of nitrogens with two attached hydrogens (primary N) is 1. The number of nitrogens with one attached hydrogen (secondary N) is 1. The maximum atomic E-state index is 11.9. The van der Waals surface area contributed by atoms with Gasteiger partial charge in [-0.1, -0.05) is 25.5 Å². The second-order valence-electron chi connectivity index (χ2n) is 4.67. The molecule has 0 bridgehead atoms. The zero-order valence-electron chi connectivity index (χ0n) is 11.4. The van der Waals surface area contributed by atoms with Gasteiger partial charge in [-0.05, 0) is 30.5 Å². The zero-order chi connectivity index (χ0) is 15.1. The van der Waals surface area contributed by atoms with Gasteiger partial charge in [-0.2, -0.15) is 0 Å². The standard InChI is InChI=1S/C14H20N2O4/c1-2-3-12(14(19)20)16-13(18)11(15)8-9-4-6-10(17)7-5-9/h4-7,11-12,17H,2-3,8,15H2,1H3,(H,16,18)(H,19,20)/t11-,12+/m0/s1. The van der Waals surface area contributed by atoms with Crippen molar-refractivity contribution in [1.29, 1.82) is 0 Å². The summed E-state index contributed by atoms with van der Waals surface area (Å²) in [5, 5.41) is 20.6. The first-order chi connectivity index (χ1) is 9.43. The maximum Gasteiger partial charge on any atom is 0.326 e. The Bertz CT molecular complexity index is 459. The van der Waals surface area contributed by atoms with E-state index in [0.29, 0.717) is 12.8 Å². The highest BCUT2D eigenvalue weighted by Gasteiger charge is 2.22. The van der Waals surface area contributed by atoms with E-state index in [-0.39, 0.29) is 12.2 Å². The van der Waals surface area contributed by atoms with Crippen molar-refractivity contribution in [2.75, 3.05) is 0 Å². The van der Waals surface area contributed by atoms with Crippen LogP contribution in [0.4, 0.5) is 0 Å². The number of phenols is 1. The van der Waals surface area contributed by atoms with Gasteiger partial charge >= 0.3 is 5.97 Å². The lowest BCUT2D eigenvalue weighted by atomic mass is 10.0. The van der Waals surface area contributed by atoms with Crippen molar-refractivity contribution in [3.63, 3.8) is 0 Å². The second kappa shape index (κ2) is 7.49. The quantitative estimate of drug-likeness (QED) is 0.585. The molecule has 110 valence electrons. The average Bonchev–Trinajstić information content (AvgIpc) is 2.40. The lowest BCUT2D eigenvalue weighted by Gasteiger charge is -2.17. The summed E-state index contributed by atoms with van der Waals surface area (Å²) in [5.74, 6) is -1.41. The van der Waals surface area contributed by atoms with Gasteiger partial charge in [-0.25, -0.2) is 4.79 Å².